The van der Waals surface area contributed by atoms with Crippen molar-refractivity contribution in [2.75, 3.05) is 4.72 Å². The number of hydrogen-bond acceptors (Lipinski definition) is 6. The number of fused-ring (bicyclic) bond motifs is 1. The second-order valence-electron chi connectivity index (χ2n) is 6.44. The summed E-state index contributed by atoms with van der Waals surface area (Å²) in [5, 5.41) is 13.7. The highest BCUT2D eigenvalue weighted by atomic mass is 35.5. The molecule has 0 amide bonds. The minimum Gasteiger partial charge on any atom is -0.858 e. The number of hydrogen-bond donors (Lipinski definition) is 1. The zero-order valence-corrected chi connectivity index (χ0v) is 18.1. The standard InChI is InChI=1S/C21H16ClN3O3S2/c1-13-23-19-12-17(9-10-20(19)29-13)24-21(26)14-5-7-16(8-6-14)25-30(27,28)18-4-2-3-15(22)11-18/h2-12,25H,1H3,(H,24,26)/p-1. The lowest BCUT2D eigenvalue weighted by atomic mass is 10.2. The number of nitrogens with zero attached hydrogens (tertiary/aromatic N) is 2. The Morgan fingerprint density at radius 3 is 2.60 bits per heavy atom. The Labute approximate surface area is 182 Å². The predicted octanol–water partition coefficient (Wildman–Crippen LogP) is 4.50. The molecular formula is C21H15ClN3O3S2-. The summed E-state index contributed by atoms with van der Waals surface area (Å²) in [7, 11) is -3.79. The first-order valence-corrected chi connectivity index (χ1v) is 11.5. The first kappa shape index (κ1) is 20.3. The largest absolute Gasteiger partial charge is 0.858 e. The molecule has 30 heavy (non-hydrogen) atoms. The van der Waals surface area contributed by atoms with Crippen molar-refractivity contribution in [1.82, 2.24) is 4.98 Å². The Bertz CT molecular complexity index is 1360. The molecule has 0 radical (unpaired) electrons. The van der Waals surface area contributed by atoms with E-state index >= 15 is 0 Å². The number of nitrogens with one attached hydrogen (secondary N) is 1. The van der Waals surface area contributed by atoms with Crippen molar-refractivity contribution < 1.29 is 13.5 Å². The number of anilines is 1. The highest BCUT2D eigenvalue weighted by molar-refractivity contribution is 7.92. The minimum atomic E-state index is -3.79. The van der Waals surface area contributed by atoms with Crippen molar-refractivity contribution in [3.8, 4) is 0 Å². The van der Waals surface area contributed by atoms with Crippen LogP contribution in [-0.2, 0) is 10.0 Å². The fourth-order valence-electron chi connectivity index (χ4n) is 2.81. The monoisotopic (exact) mass is 456 g/mol. The number of sulfonamides is 1. The lowest BCUT2D eigenvalue weighted by molar-refractivity contribution is -0.212. The van der Waals surface area contributed by atoms with E-state index in [4.69, 9.17) is 11.6 Å². The van der Waals surface area contributed by atoms with E-state index < -0.39 is 15.9 Å². The summed E-state index contributed by atoms with van der Waals surface area (Å²) in [5.41, 5.74) is 1.99. The number of halogens is 1. The summed E-state index contributed by atoms with van der Waals surface area (Å²) in [5.74, 6) is -0.425. The Balaban J connectivity index is 1.54. The number of aromatic nitrogens is 1. The molecule has 0 saturated heterocycles. The molecule has 3 aromatic carbocycles. The van der Waals surface area contributed by atoms with Crippen molar-refractivity contribution in [3.05, 3.63) is 82.3 Å². The van der Waals surface area contributed by atoms with Crippen molar-refractivity contribution in [2.24, 2.45) is 4.99 Å². The first-order valence-electron chi connectivity index (χ1n) is 8.82. The van der Waals surface area contributed by atoms with Gasteiger partial charge in [0.2, 0.25) is 0 Å². The van der Waals surface area contributed by atoms with E-state index in [0.717, 1.165) is 15.2 Å². The quantitative estimate of drug-likeness (QED) is 0.353. The van der Waals surface area contributed by atoms with Gasteiger partial charge >= 0.3 is 0 Å². The van der Waals surface area contributed by atoms with E-state index in [0.29, 0.717) is 22.0 Å². The SMILES string of the molecule is Cc1nc2cc(N=C([O-])c3ccc(NS(=O)(=O)c4cccc(Cl)c4)cc3)ccc2s1. The maximum atomic E-state index is 12.5. The summed E-state index contributed by atoms with van der Waals surface area (Å²) in [4.78, 5) is 8.58. The Hall–Kier alpha value is -2.94. The minimum absolute atomic E-state index is 0.0535. The van der Waals surface area contributed by atoms with E-state index in [1.807, 2.05) is 13.0 Å². The van der Waals surface area contributed by atoms with Gasteiger partial charge in [-0.25, -0.2) is 13.4 Å². The summed E-state index contributed by atoms with van der Waals surface area (Å²) in [6, 6.07) is 17.5. The summed E-state index contributed by atoms with van der Waals surface area (Å²) >= 11 is 7.45. The van der Waals surface area contributed by atoms with Crippen molar-refractivity contribution in [1.29, 1.82) is 0 Å². The fourth-order valence-corrected chi connectivity index (χ4v) is 4.98. The van der Waals surface area contributed by atoms with Crippen LogP contribution in [0.2, 0.25) is 5.02 Å². The highest BCUT2D eigenvalue weighted by Crippen LogP contribution is 2.26. The van der Waals surface area contributed by atoms with E-state index in [1.54, 1.807) is 35.6 Å². The Kier molecular flexibility index (Phi) is 5.46. The third-order valence-corrected chi connectivity index (χ3v) is 6.77. The molecule has 0 aliphatic heterocycles. The second kappa shape index (κ2) is 8.06. The third-order valence-electron chi connectivity index (χ3n) is 4.20. The van der Waals surface area contributed by atoms with Crippen LogP contribution in [0.25, 0.3) is 10.2 Å². The van der Waals surface area contributed by atoms with Crippen LogP contribution in [0.5, 0.6) is 0 Å². The predicted molar refractivity (Wildman–Crippen MR) is 119 cm³/mol. The average molecular weight is 457 g/mol. The van der Waals surface area contributed by atoms with Gasteiger partial charge in [0, 0.05) is 10.7 Å². The van der Waals surface area contributed by atoms with Gasteiger partial charge in [-0.3, -0.25) is 9.71 Å². The maximum absolute atomic E-state index is 12.5. The van der Waals surface area contributed by atoms with Crippen LogP contribution in [0.3, 0.4) is 0 Å². The van der Waals surface area contributed by atoms with Gasteiger partial charge in [0.25, 0.3) is 10.0 Å². The van der Waals surface area contributed by atoms with Crippen LogP contribution >= 0.6 is 22.9 Å². The van der Waals surface area contributed by atoms with Crippen molar-refractivity contribution in [3.63, 3.8) is 0 Å². The molecular weight excluding hydrogens is 442 g/mol. The van der Waals surface area contributed by atoms with Crippen LogP contribution in [0, 0.1) is 6.92 Å². The van der Waals surface area contributed by atoms with Gasteiger partial charge in [-0.05, 0) is 66.9 Å². The zero-order valence-electron chi connectivity index (χ0n) is 15.7. The Morgan fingerprint density at radius 2 is 1.87 bits per heavy atom. The van der Waals surface area contributed by atoms with Crippen LogP contribution in [-0.4, -0.2) is 19.3 Å². The average Bonchev–Trinajstić information content (AvgIpc) is 3.07. The lowest BCUT2D eigenvalue weighted by Gasteiger charge is -2.13. The Morgan fingerprint density at radius 1 is 1.10 bits per heavy atom. The molecule has 0 atom stereocenters. The number of rotatable bonds is 5. The number of benzene rings is 3. The van der Waals surface area contributed by atoms with E-state index in [1.165, 1.54) is 36.4 Å². The summed E-state index contributed by atoms with van der Waals surface area (Å²) in [6.45, 7) is 1.93. The molecule has 1 N–H and O–H groups in total. The molecule has 152 valence electrons. The molecule has 4 rings (SSSR count). The molecule has 0 unspecified atom stereocenters. The van der Waals surface area contributed by atoms with Gasteiger partial charge in [0.1, 0.15) is 0 Å². The van der Waals surface area contributed by atoms with E-state index in [2.05, 4.69) is 14.7 Å². The highest BCUT2D eigenvalue weighted by Gasteiger charge is 2.14. The number of aliphatic imine (C=N–C) groups is 1. The van der Waals surface area contributed by atoms with Gasteiger partial charge in [-0.1, -0.05) is 29.8 Å². The molecule has 0 saturated carbocycles. The van der Waals surface area contributed by atoms with Crippen LogP contribution in [0.15, 0.2) is 76.6 Å². The van der Waals surface area contributed by atoms with Gasteiger partial charge in [0.05, 0.1) is 25.8 Å². The van der Waals surface area contributed by atoms with Gasteiger partial charge in [0.15, 0.2) is 0 Å². The molecule has 0 spiro atoms. The van der Waals surface area contributed by atoms with Crippen molar-refractivity contribution >= 4 is 60.5 Å². The molecule has 1 aromatic heterocycles. The normalized spacial score (nSPS) is 12.3. The van der Waals surface area contributed by atoms with Crippen LogP contribution in [0.1, 0.15) is 10.6 Å². The van der Waals surface area contributed by atoms with Crippen molar-refractivity contribution in [2.45, 2.75) is 11.8 Å². The molecule has 6 nitrogen and oxygen atoms in total. The lowest BCUT2D eigenvalue weighted by Crippen LogP contribution is -2.18. The molecule has 0 fully saturated rings. The first-order chi connectivity index (χ1) is 14.3. The van der Waals surface area contributed by atoms with Gasteiger partial charge < -0.3 is 5.11 Å². The number of thiazole rings is 1. The molecule has 0 bridgehead atoms. The molecule has 9 heteroatoms. The van der Waals surface area contributed by atoms with Crippen LogP contribution < -0.4 is 9.83 Å². The molecule has 0 aliphatic rings. The van der Waals surface area contributed by atoms with E-state index in [9.17, 15) is 13.5 Å². The smallest absolute Gasteiger partial charge is 0.261 e. The summed E-state index contributed by atoms with van der Waals surface area (Å²) < 4.78 is 28.4. The zero-order chi connectivity index (χ0) is 21.3. The summed E-state index contributed by atoms with van der Waals surface area (Å²) in [6.07, 6.45) is 0. The topological polar surface area (TPSA) is 94.5 Å². The molecule has 1 heterocycles. The third kappa shape index (κ3) is 4.46. The van der Waals surface area contributed by atoms with Gasteiger partial charge in [-0.2, -0.15) is 0 Å². The molecule has 0 aliphatic carbocycles. The molecule has 4 aromatic rings. The fraction of sp³-hybridized carbons (Fsp3) is 0.0476. The van der Waals surface area contributed by atoms with E-state index in [-0.39, 0.29) is 4.90 Å². The second-order valence-corrected chi connectivity index (χ2v) is 9.80. The van der Waals surface area contributed by atoms with Gasteiger partial charge in [-0.15, -0.1) is 11.3 Å². The van der Waals surface area contributed by atoms with Crippen LogP contribution in [0.4, 0.5) is 11.4 Å². The number of aryl methyl sites for hydroxylation is 1. The maximum Gasteiger partial charge on any atom is 0.261 e.